The number of ether oxygens (including phenoxy) is 1. The first-order valence-electron chi connectivity index (χ1n) is 7.56. The van der Waals surface area contributed by atoms with Gasteiger partial charge in [-0.15, -0.1) is 0 Å². The van der Waals surface area contributed by atoms with Crippen molar-refractivity contribution in [2.24, 2.45) is 5.73 Å². The number of benzene rings is 1. The van der Waals surface area contributed by atoms with Crippen molar-refractivity contribution >= 4 is 23.6 Å². The third-order valence-electron chi connectivity index (χ3n) is 3.41. The lowest BCUT2D eigenvalue weighted by Gasteiger charge is -2.12. The average molecular weight is 343 g/mol. The maximum absolute atomic E-state index is 11.7. The number of nitrogens with one attached hydrogen (secondary N) is 1. The molecule has 3 N–H and O–H groups in total. The fraction of sp³-hybridized carbons (Fsp3) is 0.294. The van der Waals surface area contributed by atoms with Gasteiger partial charge in [0.05, 0.1) is 12.1 Å². The number of primary amides is 1. The lowest BCUT2D eigenvalue weighted by Crippen LogP contribution is -2.40. The largest absolute Gasteiger partial charge is 0.480 e. The van der Waals surface area contributed by atoms with Gasteiger partial charge in [-0.25, -0.2) is 0 Å². The maximum atomic E-state index is 11.7. The van der Waals surface area contributed by atoms with Gasteiger partial charge in [0.25, 0.3) is 5.91 Å². The molecule has 130 valence electrons. The molecule has 1 heterocycles. The first-order valence-corrected chi connectivity index (χ1v) is 7.56. The van der Waals surface area contributed by atoms with Gasteiger partial charge in [-0.2, -0.15) is 0 Å². The third-order valence-corrected chi connectivity index (χ3v) is 3.41. The number of rotatable bonds is 6. The standard InChI is InChI=1S/C17H17N3O5/c18-17(24)12-5-1-2-6-13(12)25-10-4-3-9-19-14(21)11-20-15(22)7-8-16(20)23/h1-2,5-6H,7-11H2,(H2,18,24)(H,19,21). The van der Waals surface area contributed by atoms with Gasteiger partial charge < -0.3 is 15.8 Å². The van der Waals surface area contributed by atoms with Gasteiger partial charge in [0.15, 0.2) is 0 Å². The van der Waals surface area contributed by atoms with Gasteiger partial charge >= 0.3 is 0 Å². The molecular formula is C17H17N3O5. The molecule has 0 saturated carbocycles. The van der Waals surface area contributed by atoms with Gasteiger partial charge in [-0.05, 0) is 12.1 Å². The second-order valence-corrected chi connectivity index (χ2v) is 5.15. The normalized spacial score (nSPS) is 13.2. The van der Waals surface area contributed by atoms with E-state index in [1.165, 1.54) is 0 Å². The molecule has 4 amide bonds. The zero-order chi connectivity index (χ0) is 18.2. The van der Waals surface area contributed by atoms with E-state index in [2.05, 4.69) is 17.2 Å². The Morgan fingerprint density at radius 3 is 2.52 bits per heavy atom. The van der Waals surface area contributed by atoms with Crippen LogP contribution in [0.1, 0.15) is 23.2 Å². The van der Waals surface area contributed by atoms with E-state index in [4.69, 9.17) is 10.5 Å². The van der Waals surface area contributed by atoms with Gasteiger partial charge in [0.1, 0.15) is 18.9 Å². The van der Waals surface area contributed by atoms with Crippen LogP contribution in [0, 0.1) is 11.8 Å². The highest BCUT2D eigenvalue weighted by Gasteiger charge is 2.30. The molecule has 2 rings (SSSR count). The van der Waals surface area contributed by atoms with Crippen LogP contribution in [0.3, 0.4) is 0 Å². The van der Waals surface area contributed by atoms with Gasteiger partial charge in [0, 0.05) is 12.8 Å². The Morgan fingerprint density at radius 1 is 1.16 bits per heavy atom. The van der Waals surface area contributed by atoms with Gasteiger partial charge in [-0.3, -0.25) is 24.1 Å². The van der Waals surface area contributed by atoms with Crippen LogP contribution in [0.5, 0.6) is 5.75 Å². The predicted octanol–water partition coefficient (Wildman–Crippen LogP) is -0.567. The molecule has 0 aromatic heterocycles. The monoisotopic (exact) mass is 343 g/mol. The number of nitrogens with two attached hydrogens (primary N) is 1. The van der Waals surface area contributed by atoms with E-state index in [9.17, 15) is 19.2 Å². The van der Waals surface area contributed by atoms with E-state index in [0.29, 0.717) is 5.75 Å². The number of likely N-dealkylation sites (tertiary alicyclic amines) is 1. The number of imide groups is 1. The number of carbonyl (C=O) groups excluding carboxylic acids is 4. The summed E-state index contributed by atoms with van der Waals surface area (Å²) in [4.78, 5) is 46.6. The van der Waals surface area contributed by atoms with Crippen molar-refractivity contribution in [1.29, 1.82) is 0 Å². The smallest absolute Gasteiger partial charge is 0.252 e. The predicted molar refractivity (Wildman–Crippen MR) is 87.2 cm³/mol. The lowest BCUT2D eigenvalue weighted by atomic mass is 10.2. The molecule has 8 nitrogen and oxygen atoms in total. The molecule has 1 aromatic rings. The highest BCUT2D eigenvalue weighted by molar-refractivity contribution is 6.04. The van der Waals surface area contributed by atoms with Crippen LogP contribution in [-0.4, -0.2) is 48.2 Å². The van der Waals surface area contributed by atoms with Crippen LogP contribution < -0.4 is 15.8 Å². The highest BCUT2D eigenvalue weighted by Crippen LogP contribution is 2.16. The summed E-state index contributed by atoms with van der Waals surface area (Å²) >= 11 is 0. The molecule has 1 fully saturated rings. The van der Waals surface area contributed by atoms with Crippen molar-refractivity contribution < 1.29 is 23.9 Å². The van der Waals surface area contributed by atoms with E-state index >= 15 is 0 Å². The lowest BCUT2D eigenvalue weighted by molar-refractivity contribution is -0.142. The molecule has 25 heavy (non-hydrogen) atoms. The summed E-state index contributed by atoms with van der Waals surface area (Å²) in [5.74, 6) is 3.95. The summed E-state index contributed by atoms with van der Waals surface area (Å²) < 4.78 is 5.36. The number of nitrogens with zero attached hydrogens (tertiary/aromatic N) is 1. The first-order chi connectivity index (χ1) is 12.0. The fourth-order valence-corrected chi connectivity index (χ4v) is 2.16. The van der Waals surface area contributed by atoms with Crippen molar-refractivity contribution in [3.05, 3.63) is 29.8 Å². The van der Waals surface area contributed by atoms with E-state index in [-0.39, 0.29) is 49.9 Å². The zero-order valence-corrected chi connectivity index (χ0v) is 13.4. The van der Waals surface area contributed by atoms with E-state index < -0.39 is 11.8 Å². The van der Waals surface area contributed by atoms with Crippen LogP contribution in [0.4, 0.5) is 0 Å². The van der Waals surface area contributed by atoms with Crippen LogP contribution in [0.25, 0.3) is 0 Å². The maximum Gasteiger partial charge on any atom is 0.252 e. The van der Waals surface area contributed by atoms with Gasteiger partial charge in [-0.1, -0.05) is 24.0 Å². The molecule has 0 unspecified atom stereocenters. The quantitative estimate of drug-likeness (QED) is 0.530. The molecule has 0 atom stereocenters. The topological polar surface area (TPSA) is 119 Å². The molecule has 0 aliphatic carbocycles. The summed E-state index contributed by atoms with van der Waals surface area (Å²) in [5.41, 5.74) is 5.49. The number of para-hydroxylation sites is 1. The molecule has 0 radical (unpaired) electrons. The highest BCUT2D eigenvalue weighted by atomic mass is 16.5. The molecule has 0 bridgehead atoms. The molecular weight excluding hydrogens is 326 g/mol. The van der Waals surface area contributed by atoms with Crippen LogP contribution in [0.15, 0.2) is 24.3 Å². The molecule has 1 saturated heterocycles. The fourth-order valence-electron chi connectivity index (χ4n) is 2.16. The molecule has 8 heteroatoms. The molecule has 0 spiro atoms. The Morgan fingerprint density at radius 2 is 1.84 bits per heavy atom. The van der Waals surface area contributed by atoms with Crippen LogP contribution >= 0.6 is 0 Å². The Bertz CT molecular complexity index is 747. The van der Waals surface area contributed by atoms with E-state index in [0.717, 1.165) is 4.90 Å². The zero-order valence-electron chi connectivity index (χ0n) is 13.4. The first kappa shape index (κ1) is 18.0. The minimum Gasteiger partial charge on any atom is -0.480 e. The Labute approximate surface area is 144 Å². The molecule has 1 aliphatic heterocycles. The van der Waals surface area contributed by atoms with Crippen molar-refractivity contribution in [3.8, 4) is 17.6 Å². The van der Waals surface area contributed by atoms with Crippen LogP contribution in [0.2, 0.25) is 0 Å². The van der Waals surface area contributed by atoms with Crippen molar-refractivity contribution in [1.82, 2.24) is 10.2 Å². The number of amides is 4. The Kier molecular flexibility index (Phi) is 6.12. The Hall–Kier alpha value is -3.34. The SMILES string of the molecule is NC(=O)c1ccccc1OCC#CCNC(=O)CN1C(=O)CCC1=O. The number of hydrogen-bond acceptors (Lipinski definition) is 5. The summed E-state index contributed by atoms with van der Waals surface area (Å²) in [6, 6.07) is 6.53. The summed E-state index contributed by atoms with van der Waals surface area (Å²) in [6.07, 6.45) is 0.298. The average Bonchev–Trinajstić information content (AvgIpc) is 2.90. The van der Waals surface area contributed by atoms with Crippen LogP contribution in [-0.2, 0) is 14.4 Å². The van der Waals surface area contributed by atoms with Crippen molar-refractivity contribution in [2.75, 3.05) is 19.7 Å². The van der Waals surface area contributed by atoms with E-state index in [1.807, 2.05) is 0 Å². The minimum absolute atomic E-state index is 0.0171. The Balaban J connectivity index is 1.73. The summed E-state index contributed by atoms with van der Waals surface area (Å²) in [7, 11) is 0. The van der Waals surface area contributed by atoms with Crippen molar-refractivity contribution in [2.45, 2.75) is 12.8 Å². The van der Waals surface area contributed by atoms with Gasteiger partial charge in [0.2, 0.25) is 17.7 Å². The second-order valence-electron chi connectivity index (χ2n) is 5.15. The second kappa shape index (κ2) is 8.49. The minimum atomic E-state index is -0.596. The third kappa shape index (κ3) is 5.07. The molecule has 1 aliphatic rings. The summed E-state index contributed by atoms with van der Waals surface area (Å²) in [5, 5.41) is 2.49. The number of carbonyl (C=O) groups is 4. The van der Waals surface area contributed by atoms with Crippen molar-refractivity contribution in [3.63, 3.8) is 0 Å². The van der Waals surface area contributed by atoms with E-state index in [1.54, 1.807) is 24.3 Å². The number of hydrogen-bond donors (Lipinski definition) is 2. The molecule has 1 aromatic carbocycles. The summed E-state index contributed by atoms with van der Waals surface area (Å²) in [6.45, 7) is -0.221.